The van der Waals surface area contributed by atoms with Crippen molar-refractivity contribution in [1.29, 1.82) is 0 Å². The van der Waals surface area contributed by atoms with E-state index in [9.17, 15) is 14.4 Å². The van der Waals surface area contributed by atoms with Crippen LogP contribution in [0.15, 0.2) is 54.7 Å². The first-order valence-corrected chi connectivity index (χ1v) is 14.7. The number of amides is 2. The van der Waals surface area contributed by atoms with Crippen LogP contribution in [0.2, 0.25) is 0 Å². The molecule has 0 unspecified atom stereocenters. The van der Waals surface area contributed by atoms with E-state index in [1.54, 1.807) is 42.3 Å². The van der Waals surface area contributed by atoms with E-state index in [0.29, 0.717) is 48.6 Å². The number of nitrogen functional groups attached to an aromatic ring is 1. The van der Waals surface area contributed by atoms with Crippen molar-refractivity contribution in [2.75, 3.05) is 31.2 Å². The largest absolute Gasteiger partial charge is 0.497 e. The summed E-state index contributed by atoms with van der Waals surface area (Å²) in [6.07, 6.45) is 2.01. The van der Waals surface area contributed by atoms with Crippen molar-refractivity contribution < 1.29 is 28.6 Å². The number of rotatable bonds is 7. The summed E-state index contributed by atoms with van der Waals surface area (Å²) < 4.78 is 17.2. The Morgan fingerprint density at radius 2 is 1.61 bits per heavy atom. The molecule has 1 saturated heterocycles. The third-order valence-electron chi connectivity index (χ3n) is 7.27. The van der Waals surface area contributed by atoms with E-state index in [0.717, 1.165) is 5.56 Å². The van der Waals surface area contributed by atoms with Crippen molar-refractivity contribution in [3.8, 4) is 11.5 Å². The molecule has 0 radical (unpaired) electrons. The average molecular weight is 603 g/mol. The van der Waals surface area contributed by atoms with E-state index in [1.807, 2.05) is 32.9 Å². The van der Waals surface area contributed by atoms with E-state index in [2.05, 4.69) is 31.1 Å². The summed E-state index contributed by atoms with van der Waals surface area (Å²) in [7, 11) is 1.54. The Kier molecular flexibility index (Phi) is 9.51. The van der Waals surface area contributed by atoms with Gasteiger partial charge in [-0.15, -0.1) is 0 Å². The molecule has 4 rings (SSSR count). The summed E-state index contributed by atoms with van der Waals surface area (Å²) in [5.41, 5.74) is 7.45. The lowest BCUT2D eigenvalue weighted by Gasteiger charge is -2.34. The third-order valence-corrected chi connectivity index (χ3v) is 7.27. The molecule has 1 aliphatic heterocycles. The third kappa shape index (κ3) is 7.86. The van der Waals surface area contributed by atoms with Crippen LogP contribution in [0.3, 0.4) is 0 Å². The zero-order valence-electron chi connectivity index (χ0n) is 26.5. The molecule has 0 aliphatic carbocycles. The van der Waals surface area contributed by atoms with Crippen molar-refractivity contribution in [3.63, 3.8) is 0 Å². The Labute approximate surface area is 258 Å². The first kappa shape index (κ1) is 32.3. The molecule has 2 aromatic carbocycles. The Morgan fingerprint density at radius 1 is 0.955 bits per heavy atom. The van der Waals surface area contributed by atoms with Crippen molar-refractivity contribution in [2.24, 2.45) is 0 Å². The number of hydrogen-bond acceptors (Lipinski definition) is 8. The van der Waals surface area contributed by atoms with Gasteiger partial charge in [0.05, 0.1) is 24.0 Å². The maximum Gasteiger partial charge on any atom is 0.410 e. The van der Waals surface area contributed by atoms with Gasteiger partial charge in [-0.05, 0) is 74.2 Å². The van der Waals surface area contributed by atoms with E-state index in [4.69, 9.17) is 19.9 Å². The maximum atomic E-state index is 14.1. The number of pyridine rings is 1. The predicted octanol–water partition coefficient (Wildman–Crippen LogP) is 6.23. The number of aromatic nitrogens is 1. The Morgan fingerprint density at radius 3 is 2.20 bits per heavy atom. The lowest BCUT2D eigenvalue weighted by atomic mass is 9.86. The van der Waals surface area contributed by atoms with Crippen LogP contribution in [0.5, 0.6) is 11.5 Å². The molecular weight excluding hydrogens is 560 g/mol. The zero-order valence-corrected chi connectivity index (χ0v) is 26.5. The number of ether oxygens (including phenoxy) is 3. The normalized spacial score (nSPS) is 14.1. The van der Waals surface area contributed by atoms with Crippen molar-refractivity contribution in [1.82, 2.24) is 9.88 Å². The fourth-order valence-electron chi connectivity index (χ4n) is 4.77. The highest BCUT2D eigenvalue weighted by molar-refractivity contribution is 6.17. The monoisotopic (exact) mass is 602 g/mol. The number of nitrogens with two attached hydrogens (primary N) is 1. The highest BCUT2D eigenvalue weighted by atomic mass is 16.6. The second-order valence-electron chi connectivity index (χ2n) is 12.9. The number of benzene rings is 2. The minimum atomic E-state index is -0.574. The first-order valence-electron chi connectivity index (χ1n) is 14.7. The summed E-state index contributed by atoms with van der Waals surface area (Å²) in [5, 5.41) is 2.77. The van der Waals surface area contributed by atoms with Gasteiger partial charge in [0.25, 0.3) is 5.91 Å². The molecule has 44 heavy (non-hydrogen) atoms. The molecule has 10 nitrogen and oxygen atoms in total. The summed E-state index contributed by atoms with van der Waals surface area (Å²) in [6, 6.07) is 13.6. The fourth-order valence-corrected chi connectivity index (χ4v) is 4.77. The van der Waals surface area contributed by atoms with Gasteiger partial charge in [-0.2, -0.15) is 0 Å². The van der Waals surface area contributed by atoms with Crippen LogP contribution in [0.1, 0.15) is 86.4 Å². The lowest BCUT2D eigenvalue weighted by molar-refractivity contribution is 0.0126. The predicted molar refractivity (Wildman–Crippen MR) is 170 cm³/mol. The first-order chi connectivity index (χ1) is 20.7. The van der Waals surface area contributed by atoms with E-state index >= 15 is 0 Å². The molecule has 2 amide bonds. The summed E-state index contributed by atoms with van der Waals surface area (Å²) >= 11 is 0. The van der Waals surface area contributed by atoms with Gasteiger partial charge in [0.15, 0.2) is 0 Å². The van der Waals surface area contributed by atoms with Crippen LogP contribution < -0.4 is 20.5 Å². The zero-order chi connectivity index (χ0) is 32.2. The topological polar surface area (TPSA) is 133 Å². The molecule has 1 fully saturated rings. The van der Waals surface area contributed by atoms with Gasteiger partial charge in [-0.1, -0.05) is 26.8 Å². The van der Waals surface area contributed by atoms with Gasteiger partial charge < -0.3 is 30.2 Å². The summed E-state index contributed by atoms with van der Waals surface area (Å²) in [6.45, 7) is 12.7. The number of carbonyl (C=O) groups excluding carboxylic acids is 3. The maximum absolute atomic E-state index is 14.1. The van der Waals surface area contributed by atoms with Gasteiger partial charge in [-0.25, -0.2) is 4.79 Å². The van der Waals surface area contributed by atoms with Crippen molar-refractivity contribution in [3.05, 3.63) is 77.1 Å². The highest BCUT2D eigenvalue weighted by Crippen LogP contribution is 2.34. The highest BCUT2D eigenvalue weighted by Gasteiger charge is 2.30. The number of piperidine rings is 1. The summed E-state index contributed by atoms with van der Waals surface area (Å²) in [4.78, 5) is 45.8. The number of nitrogens with one attached hydrogen (secondary N) is 1. The Bertz CT molecular complexity index is 1510. The molecule has 3 N–H and O–H groups in total. The van der Waals surface area contributed by atoms with E-state index in [1.165, 1.54) is 12.3 Å². The van der Waals surface area contributed by atoms with Crippen molar-refractivity contribution in [2.45, 2.75) is 71.5 Å². The Hall–Kier alpha value is -4.60. The SMILES string of the molecule is COc1ccc(C(=O)Nc2c(N)ccnc2C(=O)c2ccc(C(C)(C)C)cc2OC2CCN(C(=O)OC(C)(C)C)CC2)cc1. The minimum absolute atomic E-state index is 0.0000321. The summed E-state index contributed by atoms with van der Waals surface area (Å²) in [5.74, 6) is 0.136. The number of likely N-dealkylation sites (tertiary alicyclic amines) is 1. The minimum Gasteiger partial charge on any atom is -0.497 e. The van der Waals surface area contributed by atoms with Crippen LogP contribution in [0.25, 0.3) is 0 Å². The van der Waals surface area contributed by atoms with Crippen LogP contribution in [-0.4, -0.2) is 59.6 Å². The molecule has 2 heterocycles. The van der Waals surface area contributed by atoms with Gasteiger partial charge in [-0.3, -0.25) is 14.6 Å². The molecule has 1 aromatic heterocycles. The van der Waals surface area contributed by atoms with Crippen LogP contribution in [0.4, 0.5) is 16.2 Å². The molecule has 3 aromatic rings. The smallest absolute Gasteiger partial charge is 0.410 e. The van der Waals surface area contributed by atoms with E-state index < -0.39 is 17.3 Å². The number of hydrogen-bond donors (Lipinski definition) is 2. The number of ketones is 1. The van der Waals surface area contributed by atoms with Crippen LogP contribution >= 0.6 is 0 Å². The van der Waals surface area contributed by atoms with Gasteiger partial charge in [0.1, 0.15) is 28.9 Å². The Balaban J connectivity index is 1.60. The molecule has 0 saturated carbocycles. The quantitative estimate of drug-likeness (QED) is 0.304. The van der Waals surface area contributed by atoms with Crippen molar-refractivity contribution >= 4 is 29.2 Å². The number of anilines is 2. The second-order valence-corrected chi connectivity index (χ2v) is 12.9. The average Bonchev–Trinajstić information content (AvgIpc) is 2.97. The molecule has 234 valence electrons. The van der Waals surface area contributed by atoms with E-state index in [-0.39, 0.29) is 34.7 Å². The molecule has 1 aliphatic rings. The number of methoxy groups -OCH3 is 1. The van der Waals surface area contributed by atoms with Crippen LogP contribution in [-0.2, 0) is 10.2 Å². The standard InChI is InChI=1S/C34H42N4O6/c1-33(2,3)22-10-13-25(27(20-22)43-24-15-18-38(19-16-24)32(41)44-34(4,5)6)30(39)29-28(26(35)14-17-36-29)37-31(40)21-8-11-23(42-7)12-9-21/h8-14,17,20,24H,15-16,18-19H2,1-7H3,(H2,35,36)(H,37,40). The molecule has 0 atom stereocenters. The molecule has 10 heteroatoms. The van der Waals surface area contributed by atoms with Gasteiger partial charge in [0.2, 0.25) is 5.78 Å². The second kappa shape index (κ2) is 13.0. The van der Waals surface area contributed by atoms with Gasteiger partial charge in [0, 0.05) is 37.7 Å². The number of carbonyl (C=O) groups is 3. The molecular formula is C34H42N4O6. The lowest BCUT2D eigenvalue weighted by Crippen LogP contribution is -2.44. The van der Waals surface area contributed by atoms with Gasteiger partial charge >= 0.3 is 6.09 Å². The van der Waals surface area contributed by atoms with Crippen LogP contribution in [0, 0.1) is 0 Å². The number of nitrogens with zero attached hydrogens (tertiary/aromatic N) is 2. The molecule has 0 spiro atoms. The fraction of sp³-hybridized carbons (Fsp3) is 0.412. The molecule has 0 bridgehead atoms.